The summed E-state index contributed by atoms with van der Waals surface area (Å²) >= 11 is 2.08. The number of benzene rings is 1. The van der Waals surface area contributed by atoms with Crippen LogP contribution in [0.15, 0.2) is 12.1 Å². The maximum atomic E-state index is 2.31. The van der Waals surface area contributed by atoms with Crippen molar-refractivity contribution in [2.75, 3.05) is 5.08 Å². The van der Waals surface area contributed by atoms with E-state index >= 15 is 0 Å². The molecule has 1 heterocycles. The second-order valence-corrected chi connectivity index (χ2v) is 8.43. The lowest BCUT2D eigenvalue weighted by Gasteiger charge is -2.14. The van der Waals surface area contributed by atoms with Crippen LogP contribution >= 0.6 is 33.3 Å². The minimum atomic E-state index is 0.759. The normalized spacial score (nSPS) is 20.9. The van der Waals surface area contributed by atoms with Gasteiger partial charge in [0, 0.05) is 0 Å². The molecule has 0 bridgehead atoms. The van der Waals surface area contributed by atoms with E-state index in [1.807, 2.05) is 21.6 Å². The Morgan fingerprint density at radius 2 is 1.87 bits per heavy atom. The Morgan fingerprint density at radius 1 is 1.20 bits per heavy atom. The van der Waals surface area contributed by atoms with Crippen LogP contribution in [0.2, 0.25) is 0 Å². The fourth-order valence-corrected chi connectivity index (χ4v) is 7.13. The van der Waals surface area contributed by atoms with Gasteiger partial charge < -0.3 is 0 Å². The van der Waals surface area contributed by atoms with Crippen molar-refractivity contribution in [3.63, 3.8) is 0 Å². The molecule has 0 nitrogen and oxygen atoms in total. The largest absolute Gasteiger partial charge is 0.135 e. The van der Waals surface area contributed by atoms with Crippen LogP contribution in [-0.2, 0) is 6.42 Å². The molecule has 1 unspecified atom stereocenters. The van der Waals surface area contributed by atoms with Gasteiger partial charge in [0.1, 0.15) is 0 Å². The fourth-order valence-electron chi connectivity index (χ4n) is 2.03. The molecule has 1 aliphatic rings. The second kappa shape index (κ2) is 5.07. The third-order valence-corrected chi connectivity index (χ3v) is 7.71. The average molecular weight is 256 g/mol. The molecule has 0 saturated carbocycles. The molecule has 0 spiro atoms. The van der Waals surface area contributed by atoms with E-state index in [-0.39, 0.29) is 0 Å². The molecule has 0 aromatic heterocycles. The lowest BCUT2D eigenvalue weighted by molar-refractivity contribution is 1.06. The highest BCUT2D eigenvalue weighted by Crippen LogP contribution is 2.46. The molecule has 0 amide bonds. The summed E-state index contributed by atoms with van der Waals surface area (Å²) in [6.45, 7) is 6.66. The highest BCUT2D eigenvalue weighted by atomic mass is 33.1. The number of hydrogen-bond donors (Lipinski definition) is 0. The van der Waals surface area contributed by atoms with Crippen molar-refractivity contribution in [1.82, 2.24) is 0 Å². The van der Waals surface area contributed by atoms with E-state index in [0.717, 1.165) is 4.58 Å². The van der Waals surface area contributed by atoms with Crippen LogP contribution in [0.1, 0.15) is 22.3 Å². The van der Waals surface area contributed by atoms with Crippen molar-refractivity contribution in [2.45, 2.75) is 31.8 Å². The van der Waals surface area contributed by atoms with E-state index in [9.17, 15) is 0 Å². The lowest BCUT2D eigenvalue weighted by atomic mass is 9.98. The van der Waals surface area contributed by atoms with Gasteiger partial charge >= 0.3 is 0 Å². The summed E-state index contributed by atoms with van der Waals surface area (Å²) in [4.78, 5) is 0. The van der Waals surface area contributed by atoms with Crippen molar-refractivity contribution in [3.8, 4) is 0 Å². The smallest absolute Gasteiger partial charge is 0.0655 e. The molecule has 82 valence electrons. The predicted octanol–water partition coefficient (Wildman–Crippen LogP) is 4.57. The van der Waals surface area contributed by atoms with Gasteiger partial charge in [-0.25, -0.2) is 0 Å². The van der Waals surface area contributed by atoms with Crippen LogP contribution in [0.5, 0.6) is 0 Å². The Morgan fingerprint density at radius 3 is 2.40 bits per heavy atom. The number of thioether (sulfide) groups is 1. The molecule has 0 N–H and O–H groups in total. The first kappa shape index (κ1) is 11.7. The van der Waals surface area contributed by atoms with Crippen LogP contribution in [0.3, 0.4) is 0 Å². The summed E-state index contributed by atoms with van der Waals surface area (Å²) in [5, 5.41) is 1.25. The molecule has 1 fully saturated rings. The minimum absolute atomic E-state index is 0.759. The molecule has 1 atom stereocenters. The van der Waals surface area contributed by atoms with Gasteiger partial charge in [0.15, 0.2) is 0 Å². The van der Waals surface area contributed by atoms with E-state index in [0.29, 0.717) is 0 Å². The third kappa shape index (κ3) is 2.89. The Labute approximate surface area is 104 Å². The van der Waals surface area contributed by atoms with Crippen LogP contribution < -0.4 is 0 Å². The molecule has 1 aromatic rings. The number of aryl methyl sites for hydroxylation is 3. The van der Waals surface area contributed by atoms with Crippen molar-refractivity contribution in [1.29, 1.82) is 0 Å². The predicted molar refractivity (Wildman–Crippen MR) is 75.8 cm³/mol. The Balaban J connectivity index is 2.19. The van der Waals surface area contributed by atoms with Gasteiger partial charge in [-0.3, -0.25) is 0 Å². The molecule has 2 rings (SSSR count). The highest BCUT2D eigenvalue weighted by molar-refractivity contribution is 8.82. The van der Waals surface area contributed by atoms with Crippen LogP contribution in [-0.4, -0.2) is 9.67 Å². The SMILES string of the molecule is Cc1cc(C)c(CC2SCSS2)c(C)c1. The Hall–Kier alpha value is 0.270. The van der Waals surface area contributed by atoms with Crippen molar-refractivity contribution in [2.24, 2.45) is 0 Å². The molecule has 3 heteroatoms. The number of rotatable bonds is 2. The molecular formula is C12H16S3. The summed E-state index contributed by atoms with van der Waals surface area (Å²) in [5.74, 6) is 0. The van der Waals surface area contributed by atoms with Crippen LogP contribution in [0.25, 0.3) is 0 Å². The van der Waals surface area contributed by atoms with Crippen molar-refractivity contribution >= 4 is 33.3 Å². The minimum Gasteiger partial charge on any atom is -0.135 e. The summed E-state index contributed by atoms with van der Waals surface area (Å²) in [6.07, 6.45) is 1.22. The molecule has 1 aromatic carbocycles. The van der Waals surface area contributed by atoms with Gasteiger partial charge in [0.05, 0.1) is 9.67 Å². The average Bonchev–Trinajstić information content (AvgIpc) is 2.63. The summed E-state index contributed by atoms with van der Waals surface area (Å²) in [5.41, 5.74) is 5.87. The first-order valence-corrected chi connectivity index (χ1v) is 8.56. The van der Waals surface area contributed by atoms with Gasteiger partial charge in [-0.15, -0.1) is 11.8 Å². The topological polar surface area (TPSA) is 0 Å². The van der Waals surface area contributed by atoms with Crippen LogP contribution in [0.4, 0.5) is 0 Å². The molecule has 0 aliphatic carbocycles. The van der Waals surface area contributed by atoms with E-state index in [1.54, 1.807) is 5.56 Å². The molecule has 0 radical (unpaired) electrons. The molecule has 1 saturated heterocycles. The van der Waals surface area contributed by atoms with E-state index in [4.69, 9.17) is 0 Å². The Bertz CT molecular complexity index is 331. The van der Waals surface area contributed by atoms with Crippen molar-refractivity contribution in [3.05, 3.63) is 34.4 Å². The quantitative estimate of drug-likeness (QED) is 0.712. The monoisotopic (exact) mass is 256 g/mol. The van der Waals surface area contributed by atoms with Gasteiger partial charge in [0.25, 0.3) is 0 Å². The standard InChI is InChI=1S/C12H16S3/c1-8-4-9(2)11(10(3)5-8)6-12-13-7-14-15-12/h4-5,12H,6-7H2,1-3H3. The van der Waals surface area contributed by atoms with Gasteiger partial charge in [-0.05, 0) is 43.9 Å². The molecule has 1 aliphatic heterocycles. The van der Waals surface area contributed by atoms with E-state index < -0.39 is 0 Å². The zero-order chi connectivity index (χ0) is 10.8. The van der Waals surface area contributed by atoms with Crippen LogP contribution in [0, 0.1) is 20.8 Å². The second-order valence-electron chi connectivity index (χ2n) is 4.01. The summed E-state index contributed by atoms with van der Waals surface area (Å²) in [7, 11) is 4.03. The first-order valence-electron chi connectivity index (χ1n) is 5.13. The van der Waals surface area contributed by atoms with E-state index in [2.05, 4.69) is 44.7 Å². The first-order chi connectivity index (χ1) is 7.16. The van der Waals surface area contributed by atoms with Crippen molar-refractivity contribution < 1.29 is 0 Å². The zero-order valence-electron chi connectivity index (χ0n) is 9.37. The maximum absolute atomic E-state index is 2.31. The molecule has 15 heavy (non-hydrogen) atoms. The Kier molecular flexibility index (Phi) is 3.97. The molecular weight excluding hydrogens is 240 g/mol. The van der Waals surface area contributed by atoms with Gasteiger partial charge in [-0.2, -0.15) is 0 Å². The highest BCUT2D eigenvalue weighted by Gasteiger charge is 2.19. The van der Waals surface area contributed by atoms with Gasteiger partial charge in [0.2, 0.25) is 0 Å². The zero-order valence-corrected chi connectivity index (χ0v) is 11.8. The fraction of sp³-hybridized carbons (Fsp3) is 0.500. The summed E-state index contributed by atoms with van der Waals surface area (Å²) in [6, 6.07) is 4.61. The van der Waals surface area contributed by atoms with E-state index in [1.165, 1.54) is 28.2 Å². The summed E-state index contributed by atoms with van der Waals surface area (Å²) < 4.78 is 0.759. The number of hydrogen-bond acceptors (Lipinski definition) is 3. The van der Waals surface area contributed by atoms with Gasteiger partial charge in [-0.1, -0.05) is 39.3 Å². The third-order valence-electron chi connectivity index (χ3n) is 2.69. The lowest BCUT2D eigenvalue weighted by Crippen LogP contribution is -2.03. The maximum Gasteiger partial charge on any atom is 0.0655 e.